The van der Waals surface area contributed by atoms with Gasteiger partial charge in [-0.15, -0.1) is 0 Å². The molecule has 0 N–H and O–H groups in total. The minimum absolute atomic E-state index is 0.0343. The molecular formula is C15H14BrF2NO2. The van der Waals surface area contributed by atoms with Crippen LogP contribution in [-0.2, 0) is 9.59 Å². The first-order chi connectivity index (χ1) is 9.92. The molecule has 3 rings (SSSR count). The van der Waals surface area contributed by atoms with Crippen LogP contribution in [0.5, 0.6) is 0 Å². The molecule has 0 aromatic heterocycles. The Labute approximate surface area is 129 Å². The Bertz CT molecular complexity index is 606. The van der Waals surface area contributed by atoms with Crippen molar-refractivity contribution in [2.75, 3.05) is 4.90 Å². The zero-order chi connectivity index (χ0) is 15.2. The van der Waals surface area contributed by atoms with Crippen LogP contribution in [0.25, 0.3) is 0 Å². The molecule has 0 unspecified atom stereocenters. The van der Waals surface area contributed by atoms with Gasteiger partial charge in [0.25, 0.3) is 0 Å². The van der Waals surface area contributed by atoms with E-state index in [1.807, 2.05) is 0 Å². The minimum Gasteiger partial charge on any atom is -0.274 e. The lowest BCUT2D eigenvalue weighted by Crippen LogP contribution is -2.47. The molecule has 1 saturated carbocycles. The first-order valence-corrected chi connectivity index (χ1v) is 7.72. The molecule has 1 saturated heterocycles. The molecule has 112 valence electrons. The molecule has 0 radical (unpaired) electrons. The summed E-state index contributed by atoms with van der Waals surface area (Å²) in [7, 11) is 0. The number of carbonyl (C=O) groups is 2. The van der Waals surface area contributed by atoms with E-state index in [9.17, 15) is 18.4 Å². The molecule has 1 aliphatic carbocycles. The van der Waals surface area contributed by atoms with Gasteiger partial charge in [-0.2, -0.15) is 0 Å². The topological polar surface area (TPSA) is 37.4 Å². The number of nitrogens with zero attached hydrogens (tertiary/aromatic N) is 1. The Morgan fingerprint density at radius 3 is 2.14 bits per heavy atom. The van der Waals surface area contributed by atoms with Gasteiger partial charge in [0.05, 0.1) is 10.2 Å². The second-order valence-corrected chi connectivity index (χ2v) is 6.76. The summed E-state index contributed by atoms with van der Waals surface area (Å²) < 4.78 is 27.6. The highest BCUT2D eigenvalue weighted by Gasteiger charge is 2.46. The van der Waals surface area contributed by atoms with Gasteiger partial charge in [-0.1, -0.05) is 12.8 Å². The van der Waals surface area contributed by atoms with E-state index in [-0.39, 0.29) is 28.4 Å². The number of carbonyl (C=O) groups excluding carboxylic acids is 2. The Balaban J connectivity index is 1.95. The number of piperidine rings is 1. The van der Waals surface area contributed by atoms with E-state index < -0.39 is 23.4 Å². The molecule has 1 aromatic carbocycles. The monoisotopic (exact) mass is 357 g/mol. The average molecular weight is 358 g/mol. The van der Waals surface area contributed by atoms with Gasteiger partial charge in [-0.25, -0.2) is 13.7 Å². The molecular weight excluding hydrogens is 344 g/mol. The second kappa shape index (κ2) is 5.16. The number of amides is 2. The number of rotatable bonds is 1. The summed E-state index contributed by atoms with van der Waals surface area (Å²) in [5, 5.41) is 0. The SMILES string of the molecule is O=C1CC2(CCCC2)CC(=O)N1c1cc(F)c(Br)cc1F. The van der Waals surface area contributed by atoms with E-state index in [4.69, 9.17) is 0 Å². The van der Waals surface area contributed by atoms with Crippen molar-refractivity contribution < 1.29 is 18.4 Å². The van der Waals surface area contributed by atoms with E-state index in [1.165, 1.54) is 0 Å². The summed E-state index contributed by atoms with van der Waals surface area (Å²) in [6.07, 6.45) is 4.21. The standard InChI is InChI=1S/C15H14BrF2NO2/c16-9-5-11(18)12(6-10(9)17)19-13(20)7-15(8-14(19)21)3-1-2-4-15/h5-6H,1-4,7-8H2. The minimum atomic E-state index is -0.785. The summed E-state index contributed by atoms with van der Waals surface area (Å²) in [6.45, 7) is 0. The Morgan fingerprint density at radius 1 is 1.00 bits per heavy atom. The fourth-order valence-electron chi connectivity index (χ4n) is 3.43. The third kappa shape index (κ3) is 2.50. The van der Waals surface area contributed by atoms with Crippen molar-refractivity contribution in [3.05, 3.63) is 28.2 Å². The van der Waals surface area contributed by atoms with Crippen LogP contribution in [0.4, 0.5) is 14.5 Å². The number of benzene rings is 1. The summed E-state index contributed by atoms with van der Waals surface area (Å²) >= 11 is 2.88. The van der Waals surface area contributed by atoms with Crippen LogP contribution < -0.4 is 4.90 Å². The number of hydrogen-bond acceptors (Lipinski definition) is 2. The predicted octanol–water partition coefficient (Wildman–Crippen LogP) is 3.94. The van der Waals surface area contributed by atoms with Gasteiger partial charge in [0, 0.05) is 18.9 Å². The highest BCUT2D eigenvalue weighted by atomic mass is 79.9. The lowest BCUT2D eigenvalue weighted by atomic mass is 9.76. The van der Waals surface area contributed by atoms with Crippen molar-refractivity contribution >= 4 is 33.4 Å². The quantitative estimate of drug-likeness (QED) is 0.563. The zero-order valence-corrected chi connectivity index (χ0v) is 12.9. The first kappa shape index (κ1) is 14.6. The van der Waals surface area contributed by atoms with Crippen molar-refractivity contribution in [1.82, 2.24) is 0 Å². The fourth-order valence-corrected chi connectivity index (χ4v) is 3.75. The molecule has 2 amide bonds. The fraction of sp³-hybridized carbons (Fsp3) is 0.467. The van der Waals surface area contributed by atoms with Crippen molar-refractivity contribution in [1.29, 1.82) is 0 Å². The maximum atomic E-state index is 14.0. The molecule has 1 aromatic rings. The van der Waals surface area contributed by atoms with Gasteiger partial charge in [0.15, 0.2) is 0 Å². The third-order valence-corrected chi connectivity index (χ3v) is 5.05. The lowest BCUT2D eigenvalue weighted by molar-refractivity contribution is -0.133. The molecule has 2 aliphatic rings. The highest BCUT2D eigenvalue weighted by molar-refractivity contribution is 9.10. The van der Waals surface area contributed by atoms with Crippen LogP contribution in [0.15, 0.2) is 16.6 Å². The zero-order valence-electron chi connectivity index (χ0n) is 11.3. The van der Waals surface area contributed by atoms with Crippen LogP contribution in [0.3, 0.4) is 0 Å². The van der Waals surface area contributed by atoms with E-state index >= 15 is 0 Å². The summed E-state index contributed by atoms with van der Waals surface area (Å²) in [5.74, 6) is -2.36. The maximum absolute atomic E-state index is 14.0. The molecule has 21 heavy (non-hydrogen) atoms. The van der Waals surface area contributed by atoms with Gasteiger partial charge in [-0.3, -0.25) is 9.59 Å². The van der Waals surface area contributed by atoms with E-state index in [0.717, 1.165) is 42.7 Å². The summed E-state index contributed by atoms with van der Waals surface area (Å²) in [6, 6.07) is 1.83. The maximum Gasteiger partial charge on any atom is 0.234 e. The van der Waals surface area contributed by atoms with Crippen LogP contribution in [0.1, 0.15) is 38.5 Å². The summed E-state index contributed by atoms with van der Waals surface area (Å²) in [5.41, 5.74) is -0.548. The first-order valence-electron chi connectivity index (χ1n) is 6.92. The van der Waals surface area contributed by atoms with Gasteiger partial charge < -0.3 is 0 Å². The molecule has 2 fully saturated rings. The number of imide groups is 1. The van der Waals surface area contributed by atoms with Crippen molar-refractivity contribution in [3.8, 4) is 0 Å². The number of anilines is 1. The van der Waals surface area contributed by atoms with Crippen LogP contribution in [0.2, 0.25) is 0 Å². The molecule has 0 atom stereocenters. The smallest absolute Gasteiger partial charge is 0.234 e. The largest absolute Gasteiger partial charge is 0.274 e. The van der Waals surface area contributed by atoms with Gasteiger partial charge in [0.2, 0.25) is 11.8 Å². The normalized spacial score (nSPS) is 21.4. The van der Waals surface area contributed by atoms with E-state index in [0.29, 0.717) is 0 Å². The predicted molar refractivity (Wildman–Crippen MR) is 76.7 cm³/mol. The van der Waals surface area contributed by atoms with Crippen LogP contribution in [0, 0.1) is 17.0 Å². The van der Waals surface area contributed by atoms with Gasteiger partial charge in [0.1, 0.15) is 11.6 Å². The average Bonchev–Trinajstić information content (AvgIpc) is 2.82. The Kier molecular flexibility index (Phi) is 3.59. The number of hydrogen-bond donors (Lipinski definition) is 0. The number of halogens is 3. The van der Waals surface area contributed by atoms with Crippen molar-refractivity contribution in [3.63, 3.8) is 0 Å². The molecule has 3 nitrogen and oxygen atoms in total. The van der Waals surface area contributed by atoms with Gasteiger partial charge >= 0.3 is 0 Å². The van der Waals surface area contributed by atoms with E-state index in [1.54, 1.807) is 0 Å². The Hall–Kier alpha value is -1.30. The molecule has 1 heterocycles. The molecule has 1 spiro atoms. The van der Waals surface area contributed by atoms with Crippen LogP contribution >= 0.6 is 15.9 Å². The molecule has 1 aliphatic heterocycles. The molecule has 6 heteroatoms. The van der Waals surface area contributed by atoms with Gasteiger partial charge in [-0.05, 0) is 40.3 Å². The van der Waals surface area contributed by atoms with Crippen LogP contribution in [-0.4, -0.2) is 11.8 Å². The van der Waals surface area contributed by atoms with Crippen molar-refractivity contribution in [2.45, 2.75) is 38.5 Å². The third-order valence-electron chi connectivity index (χ3n) is 4.45. The lowest BCUT2D eigenvalue weighted by Gasteiger charge is -2.37. The second-order valence-electron chi connectivity index (χ2n) is 5.90. The van der Waals surface area contributed by atoms with E-state index in [2.05, 4.69) is 15.9 Å². The van der Waals surface area contributed by atoms with Crippen molar-refractivity contribution in [2.24, 2.45) is 5.41 Å². The highest BCUT2D eigenvalue weighted by Crippen LogP contribution is 2.47. The summed E-state index contributed by atoms with van der Waals surface area (Å²) in [4.78, 5) is 25.4. The Morgan fingerprint density at radius 2 is 1.57 bits per heavy atom. The molecule has 0 bridgehead atoms.